The van der Waals surface area contributed by atoms with E-state index in [0.717, 1.165) is 32.7 Å². The fraction of sp³-hybridized carbons (Fsp3) is 0.571. The summed E-state index contributed by atoms with van der Waals surface area (Å²) in [6.07, 6.45) is 7.43. The Hall–Kier alpha value is -1.23. The van der Waals surface area contributed by atoms with Gasteiger partial charge in [-0.05, 0) is 69.7 Å². The Labute approximate surface area is 156 Å². The third-order valence-corrected chi connectivity index (χ3v) is 6.63. The molecule has 1 atom stereocenters. The lowest BCUT2D eigenvalue weighted by atomic mass is 9.82. The van der Waals surface area contributed by atoms with Crippen LogP contribution in [0.1, 0.15) is 44.1 Å². The molecule has 3 heterocycles. The summed E-state index contributed by atoms with van der Waals surface area (Å²) in [6.45, 7) is 10.6. The van der Waals surface area contributed by atoms with Crippen molar-refractivity contribution in [1.29, 1.82) is 0 Å². The second-order valence-corrected chi connectivity index (χ2v) is 8.72. The summed E-state index contributed by atoms with van der Waals surface area (Å²) < 4.78 is 5.92. The maximum absolute atomic E-state index is 5.92. The van der Waals surface area contributed by atoms with Crippen molar-refractivity contribution in [2.24, 2.45) is 5.41 Å². The largest absolute Gasteiger partial charge is 0.381 e. The van der Waals surface area contributed by atoms with Gasteiger partial charge in [0, 0.05) is 41.4 Å². The van der Waals surface area contributed by atoms with Crippen LogP contribution < -0.4 is 0 Å². The van der Waals surface area contributed by atoms with Crippen molar-refractivity contribution in [2.45, 2.75) is 45.6 Å². The number of aromatic nitrogens is 1. The zero-order valence-corrected chi connectivity index (χ0v) is 16.5. The zero-order valence-electron chi connectivity index (χ0n) is 15.7. The van der Waals surface area contributed by atoms with E-state index in [0.29, 0.717) is 0 Å². The lowest BCUT2D eigenvalue weighted by Gasteiger charge is -2.38. The molecule has 2 aromatic heterocycles. The Morgan fingerprint density at radius 1 is 1.32 bits per heavy atom. The molecule has 2 aromatic rings. The highest BCUT2D eigenvalue weighted by Crippen LogP contribution is 2.41. The molecule has 0 amide bonds. The molecule has 0 unspecified atom stereocenters. The molecule has 1 aliphatic rings. The molecule has 1 aliphatic heterocycles. The summed E-state index contributed by atoms with van der Waals surface area (Å²) in [4.78, 5) is 8.44. The number of hydrogen-bond acceptors (Lipinski definition) is 4. The van der Waals surface area contributed by atoms with E-state index in [1.807, 2.05) is 29.8 Å². The molecule has 25 heavy (non-hydrogen) atoms. The SMILES string of the molecule is CCOC[C@@]1(CCc2cccs2)CCN(C(C)(C)c2cccnc2)C1. The molecule has 4 heteroatoms. The molecule has 3 rings (SSSR count). The van der Waals surface area contributed by atoms with E-state index in [1.165, 1.54) is 23.3 Å². The van der Waals surface area contributed by atoms with Crippen LogP contribution in [-0.4, -0.2) is 36.2 Å². The van der Waals surface area contributed by atoms with Gasteiger partial charge < -0.3 is 4.74 Å². The summed E-state index contributed by atoms with van der Waals surface area (Å²) in [5.41, 5.74) is 1.56. The fourth-order valence-electron chi connectivity index (χ4n) is 3.88. The van der Waals surface area contributed by atoms with Crippen LogP contribution >= 0.6 is 11.3 Å². The fourth-order valence-corrected chi connectivity index (χ4v) is 4.58. The highest BCUT2D eigenvalue weighted by molar-refractivity contribution is 7.09. The first kappa shape index (κ1) is 18.6. The third-order valence-electron chi connectivity index (χ3n) is 5.69. The first-order valence-corrected chi connectivity index (χ1v) is 10.2. The minimum atomic E-state index is 0.00512. The Morgan fingerprint density at radius 3 is 2.88 bits per heavy atom. The van der Waals surface area contributed by atoms with Gasteiger partial charge in [0.15, 0.2) is 0 Å². The van der Waals surface area contributed by atoms with Gasteiger partial charge in [-0.1, -0.05) is 12.1 Å². The molecule has 0 bridgehead atoms. The molecule has 1 fully saturated rings. The number of thiophene rings is 1. The van der Waals surface area contributed by atoms with Crippen molar-refractivity contribution >= 4 is 11.3 Å². The Bertz CT molecular complexity index is 641. The minimum absolute atomic E-state index is 0.00512. The molecule has 0 spiro atoms. The Kier molecular flexibility index (Phi) is 5.92. The average molecular weight is 359 g/mol. The number of hydrogen-bond donors (Lipinski definition) is 0. The molecule has 0 N–H and O–H groups in total. The van der Waals surface area contributed by atoms with Crippen LogP contribution in [0, 0.1) is 5.41 Å². The minimum Gasteiger partial charge on any atom is -0.381 e. The van der Waals surface area contributed by atoms with Gasteiger partial charge in [-0.25, -0.2) is 0 Å². The molecule has 3 nitrogen and oxygen atoms in total. The van der Waals surface area contributed by atoms with E-state index < -0.39 is 0 Å². The van der Waals surface area contributed by atoms with Crippen molar-refractivity contribution in [3.05, 3.63) is 52.5 Å². The summed E-state index contributed by atoms with van der Waals surface area (Å²) >= 11 is 1.87. The van der Waals surface area contributed by atoms with Gasteiger partial charge in [0.1, 0.15) is 0 Å². The molecule has 0 aromatic carbocycles. The molecule has 1 saturated heterocycles. The Morgan fingerprint density at radius 2 is 2.20 bits per heavy atom. The quantitative estimate of drug-likeness (QED) is 0.681. The summed E-state index contributed by atoms with van der Waals surface area (Å²) in [5.74, 6) is 0. The van der Waals surface area contributed by atoms with E-state index in [1.54, 1.807) is 0 Å². The van der Waals surface area contributed by atoms with Crippen LogP contribution in [0.4, 0.5) is 0 Å². The lowest BCUT2D eigenvalue weighted by Crippen LogP contribution is -2.42. The van der Waals surface area contributed by atoms with Crippen molar-refractivity contribution < 1.29 is 4.74 Å². The van der Waals surface area contributed by atoms with Crippen LogP contribution in [0.3, 0.4) is 0 Å². The van der Waals surface area contributed by atoms with Crippen molar-refractivity contribution in [2.75, 3.05) is 26.3 Å². The Balaban J connectivity index is 1.72. The monoisotopic (exact) mass is 358 g/mol. The first-order valence-electron chi connectivity index (χ1n) is 9.31. The second kappa shape index (κ2) is 7.98. The van der Waals surface area contributed by atoms with Gasteiger partial charge in [0.2, 0.25) is 0 Å². The van der Waals surface area contributed by atoms with Crippen molar-refractivity contribution in [3.8, 4) is 0 Å². The first-order chi connectivity index (χ1) is 12.1. The van der Waals surface area contributed by atoms with Gasteiger partial charge in [0.05, 0.1) is 6.61 Å². The van der Waals surface area contributed by atoms with E-state index in [2.05, 4.69) is 54.2 Å². The maximum atomic E-state index is 5.92. The zero-order chi connectivity index (χ0) is 17.8. The molecule has 0 aliphatic carbocycles. The molecular formula is C21H30N2OS. The predicted octanol–water partition coefficient (Wildman–Crippen LogP) is 4.74. The van der Waals surface area contributed by atoms with Gasteiger partial charge in [-0.15, -0.1) is 11.3 Å². The molecule has 136 valence electrons. The summed E-state index contributed by atoms with van der Waals surface area (Å²) in [5, 5.41) is 2.18. The average Bonchev–Trinajstić information content (AvgIpc) is 3.30. The van der Waals surface area contributed by atoms with Crippen LogP contribution in [0.25, 0.3) is 0 Å². The number of likely N-dealkylation sites (tertiary alicyclic amines) is 1. The maximum Gasteiger partial charge on any atom is 0.0535 e. The molecular weight excluding hydrogens is 328 g/mol. The number of rotatable bonds is 8. The second-order valence-electron chi connectivity index (χ2n) is 7.69. The van der Waals surface area contributed by atoms with Crippen molar-refractivity contribution in [3.63, 3.8) is 0 Å². The van der Waals surface area contributed by atoms with Gasteiger partial charge in [-0.2, -0.15) is 0 Å². The molecule has 0 saturated carbocycles. The van der Waals surface area contributed by atoms with Gasteiger partial charge in [0.25, 0.3) is 0 Å². The van der Waals surface area contributed by atoms with Crippen LogP contribution in [0.2, 0.25) is 0 Å². The third kappa shape index (κ3) is 4.30. The highest BCUT2D eigenvalue weighted by atomic mass is 32.1. The molecule has 0 radical (unpaired) electrons. The highest BCUT2D eigenvalue weighted by Gasteiger charge is 2.43. The van der Waals surface area contributed by atoms with Crippen molar-refractivity contribution in [1.82, 2.24) is 9.88 Å². The lowest BCUT2D eigenvalue weighted by molar-refractivity contribution is 0.0386. The van der Waals surface area contributed by atoms with E-state index in [-0.39, 0.29) is 11.0 Å². The summed E-state index contributed by atoms with van der Waals surface area (Å²) in [7, 11) is 0. The van der Waals surface area contributed by atoms with Gasteiger partial charge >= 0.3 is 0 Å². The van der Waals surface area contributed by atoms with E-state index in [9.17, 15) is 0 Å². The van der Waals surface area contributed by atoms with E-state index in [4.69, 9.17) is 4.74 Å². The van der Waals surface area contributed by atoms with Crippen LogP contribution in [0.15, 0.2) is 42.0 Å². The normalized spacial score (nSPS) is 21.7. The van der Waals surface area contributed by atoms with Crippen LogP contribution in [0.5, 0.6) is 0 Å². The van der Waals surface area contributed by atoms with Crippen LogP contribution in [-0.2, 0) is 16.7 Å². The number of ether oxygens (including phenoxy) is 1. The topological polar surface area (TPSA) is 25.4 Å². The number of pyridine rings is 1. The predicted molar refractivity (Wildman–Crippen MR) is 105 cm³/mol. The number of aryl methyl sites for hydroxylation is 1. The van der Waals surface area contributed by atoms with E-state index >= 15 is 0 Å². The van der Waals surface area contributed by atoms with Gasteiger partial charge in [-0.3, -0.25) is 9.88 Å². The summed E-state index contributed by atoms with van der Waals surface area (Å²) in [6, 6.07) is 8.64. The number of nitrogens with zero attached hydrogens (tertiary/aromatic N) is 2. The smallest absolute Gasteiger partial charge is 0.0535 e. The standard InChI is InChI=1S/C21H30N2OS/c1-4-24-17-21(10-9-19-8-6-14-25-19)11-13-23(16-21)20(2,3)18-7-5-12-22-15-18/h5-8,12,14-15H,4,9-11,13,16-17H2,1-3H3/t21-/m0/s1.